The molecule has 0 unspecified atom stereocenters. The van der Waals surface area contributed by atoms with Gasteiger partial charge in [0, 0.05) is 46.5 Å². The highest BCUT2D eigenvalue weighted by Gasteiger charge is 2.26. The molecule has 1 aliphatic rings. The van der Waals surface area contributed by atoms with Gasteiger partial charge in [0.1, 0.15) is 5.69 Å². The quantitative estimate of drug-likeness (QED) is 0.756. The zero-order valence-electron chi connectivity index (χ0n) is 14.6. The molecule has 2 aromatic carbocycles. The van der Waals surface area contributed by atoms with Gasteiger partial charge >= 0.3 is 0 Å². The Kier molecular flexibility index (Phi) is 4.62. The van der Waals surface area contributed by atoms with Gasteiger partial charge in [-0.2, -0.15) is 0 Å². The predicted octanol–water partition coefficient (Wildman–Crippen LogP) is 2.81. The van der Waals surface area contributed by atoms with E-state index in [1.807, 2.05) is 41.3 Å². The molecule has 1 atom stereocenters. The fourth-order valence-corrected chi connectivity index (χ4v) is 4.00. The lowest BCUT2D eigenvalue weighted by atomic mass is 9.94. The van der Waals surface area contributed by atoms with Gasteiger partial charge in [-0.1, -0.05) is 41.9 Å². The first kappa shape index (κ1) is 17.6. The van der Waals surface area contributed by atoms with Crippen molar-refractivity contribution in [2.45, 2.75) is 12.8 Å². The molecule has 1 N–H and O–H groups in total. The zero-order valence-corrected chi connectivity index (χ0v) is 15.3. The van der Waals surface area contributed by atoms with Crippen LogP contribution in [0.4, 0.5) is 5.69 Å². The molecule has 0 aliphatic carbocycles. The van der Waals surface area contributed by atoms with Crippen LogP contribution in [0, 0.1) is 5.92 Å². The van der Waals surface area contributed by atoms with Gasteiger partial charge in [-0.25, -0.2) is 0 Å². The van der Waals surface area contributed by atoms with E-state index in [9.17, 15) is 14.7 Å². The Hall–Kier alpha value is -2.79. The molecule has 4 rings (SSSR count). The summed E-state index contributed by atoms with van der Waals surface area (Å²) in [5, 5.41) is 12.8. The second-order valence-corrected chi connectivity index (χ2v) is 7.27. The Bertz CT molecular complexity index is 1060. The molecule has 5 nitrogen and oxygen atoms in total. The van der Waals surface area contributed by atoms with Crippen LogP contribution in [0.3, 0.4) is 0 Å². The van der Waals surface area contributed by atoms with Gasteiger partial charge in [0.2, 0.25) is 0 Å². The van der Waals surface area contributed by atoms with Gasteiger partial charge < -0.3 is 19.8 Å². The number of hydrogen-bond acceptors (Lipinski definition) is 4. The van der Waals surface area contributed by atoms with Crippen molar-refractivity contribution in [1.82, 2.24) is 4.98 Å². The number of carbonyl (C=O) groups is 1. The Balaban J connectivity index is 1.98. The number of aliphatic carboxylic acids is 1. The summed E-state index contributed by atoms with van der Waals surface area (Å²) in [6.45, 7) is 0.885. The van der Waals surface area contributed by atoms with E-state index in [4.69, 9.17) is 11.6 Å². The lowest BCUT2D eigenvalue weighted by Crippen LogP contribution is -2.45. The standard InChI is InChI=1S/C21H19ClN2O3/c22-15-8-9-17-16(11-15)18(13-5-2-1-3-6-13)19(20(25)23-17)24-10-4-7-14(12-24)21(26)27/h1-3,5-6,8-9,11,14H,4,7,10,12H2,(H,23,25)(H,26,27)/p-1/t14-/m1/s1. The van der Waals surface area contributed by atoms with E-state index in [2.05, 4.69) is 4.98 Å². The fraction of sp³-hybridized carbons (Fsp3) is 0.238. The van der Waals surface area contributed by atoms with Crippen LogP contribution in [0.2, 0.25) is 5.02 Å². The van der Waals surface area contributed by atoms with E-state index in [0.29, 0.717) is 35.6 Å². The third kappa shape index (κ3) is 3.30. The molecule has 1 fully saturated rings. The Morgan fingerprint density at radius 2 is 1.96 bits per heavy atom. The molecule has 0 amide bonds. The summed E-state index contributed by atoms with van der Waals surface area (Å²) >= 11 is 6.23. The zero-order chi connectivity index (χ0) is 19.0. The minimum absolute atomic E-state index is 0.234. The van der Waals surface area contributed by atoms with E-state index in [1.54, 1.807) is 12.1 Å². The number of pyridine rings is 1. The second-order valence-electron chi connectivity index (χ2n) is 6.84. The summed E-state index contributed by atoms with van der Waals surface area (Å²) in [7, 11) is 0. The highest BCUT2D eigenvalue weighted by molar-refractivity contribution is 6.31. The maximum atomic E-state index is 13.0. The monoisotopic (exact) mass is 381 g/mol. The summed E-state index contributed by atoms with van der Waals surface area (Å²) < 4.78 is 0. The molecular weight excluding hydrogens is 364 g/mol. The number of nitrogens with zero attached hydrogens (tertiary/aromatic N) is 1. The van der Waals surface area contributed by atoms with E-state index in [0.717, 1.165) is 16.5 Å². The molecule has 138 valence electrons. The number of nitrogens with one attached hydrogen (secondary N) is 1. The number of aromatic nitrogens is 1. The van der Waals surface area contributed by atoms with Crippen LogP contribution in [-0.2, 0) is 4.79 Å². The van der Waals surface area contributed by atoms with E-state index >= 15 is 0 Å². The third-order valence-corrected chi connectivity index (χ3v) is 5.32. The van der Waals surface area contributed by atoms with Crippen LogP contribution < -0.4 is 15.6 Å². The van der Waals surface area contributed by atoms with Gasteiger partial charge in [-0.05, 0) is 36.6 Å². The number of fused-ring (bicyclic) bond motifs is 1. The molecular formula is C21H18ClN2O3-. The van der Waals surface area contributed by atoms with E-state index in [1.165, 1.54) is 0 Å². The Labute approximate surface area is 161 Å². The molecule has 1 aliphatic heterocycles. The van der Waals surface area contributed by atoms with Crippen LogP contribution in [0.15, 0.2) is 53.3 Å². The van der Waals surface area contributed by atoms with Crippen molar-refractivity contribution in [2.24, 2.45) is 5.92 Å². The van der Waals surface area contributed by atoms with Crippen molar-refractivity contribution >= 4 is 34.2 Å². The number of carbonyl (C=O) groups excluding carboxylic acids is 1. The van der Waals surface area contributed by atoms with Crippen LogP contribution in [0.25, 0.3) is 22.0 Å². The van der Waals surface area contributed by atoms with Crippen molar-refractivity contribution in [3.63, 3.8) is 0 Å². The van der Waals surface area contributed by atoms with Gasteiger partial charge in [-0.15, -0.1) is 0 Å². The van der Waals surface area contributed by atoms with E-state index < -0.39 is 11.9 Å². The maximum absolute atomic E-state index is 13.0. The van der Waals surface area contributed by atoms with Crippen LogP contribution in [0.1, 0.15) is 12.8 Å². The number of aromatic amines is 1. The van der Waals surface area contributed by atoms with Crippen molar-refractivity contribution < 1.29 is 9.90 Å². The number of piperidine rings is 1. The Morgan fingerprint density at radius 3 is 2.70 bits per heavy atom. The smallest absolute Gasteiger partial charge is 0.272 e. The molecule has 0 spiro atoms. The van der Waals surface area contributed by atoms with Gasteiger partial charge in [0.15, 0.2) is 0 Å². The van der Waals surface area contributed by atoms with E-state index in [-0.39, 0.29) is 12.1 Å². The number of benzene rings is 2. The number of carboxylic acids is 1. The first-order valence-electron chi connectivity index (χ1n) is 8.91. The van der Waals surface area contributed by atoms with Crippen molar-refractivity contribution in [1.29, 1.82) is 0 Å². The third-order valence-electron chi connectivity index (χ3n) is 5.08. The number of carboxylic acid groups (broad SMARTS) is 1. The molecule has 0 bridgehead atoms. The highest BCUT2D eigenvalue weighted by atomic mass is 35.5. The molecule has 27 heavy (non-hydrogen) atoms. The van der Waals surface area contributed by atoms with Gasteiger partial charge in [0.05, 0.1) is 0 Å². The number of anilines is 1. The Morgan fingerprint density at radius 1 is 1.19 bits per heavy atom. The topological polar surface area (TPSA) is 76.2 Å². The molecule has 0 saturated carbocycles. The number of rotatable bonds is 3. The lowest BCUT2D eigenvalue weighted by Gasteiger charge is -2.35. The van der Waals surface area contributed by atoms with Crippen LogP contribution >= 0.6 is 11.6 Å². The summed E-state index contributed by atoms with van der Waals surface area (Å²) in [5.41, 5.74) is 2.61. The second kappa shape index (κ2) is 7.08. The minimum atomic E-state index is -1.07. The molecule has 0 radical (unpaired) electrons. The lowest BCUT2D eigenvalue weighted by molar-refractivity contribution is -0.311. The van der Waals surface area contributed by atoms with Crippen molar-refractivity contribution in [3.8, 4) is 11.1 Å². The first-order valence-corrected chi connectivity index (χ1v) is 9.29. The SMILES string of the molecule is O=C([O-])[C@@H]1CCCN(c2c(-c3ccccc3)c3cc(Cl)ccc3[nH]c2=O)C1. The van der Waals surface area contributed by atoms with Crippen LogP contribution in [0.5, 0.6) is 0 Å². The normalized spacial score (nSPS) is 17.2. The van der Waals surface area contributed by atoms with Gasteiger partial charge in [0.25, 0.3) is 5.56 Å². The molecule has 1 aromatic heterocycles. The summed E-state index contributed by atoms with van der Waals surface area (Å²) in [6.07, 6.45) is 1.26. The molecule has 2 heterocycles. The molecule has 3 aromatic rings. The average Bonchev–Trinajstić information content (AvgIpc) is 2.68. The molecule has 1 saturated heterocycles. The first-order chi connectivity index (χ1) is 13.0. The largest absolute Gasteiger partial charge is 0.550 e. The minimum Gasteiger partial charge on any atom is -0.550 e. The fourth-order valence-electron chi connectivity index (χ4n) is 3.83. The van der Waals surface area contributed by atoms with Crippen molar-refractivity contribution in [3.05, 3.63) is 63.9 Å². The summed E-state index contributed by atoms with van der Waals surface area (Å²) in [6, 6.07) is 15.0. The number of hydrogen-bond donors (Lipinski definition) is 1. The summed E-state index contributed by atoms with van der Waals surface area (Å²) in [5.74, 6) is -1.65. The average molecular weight is 382 g/mol. The van der Waals surface area contributed by atoms with Gasteiger partial charge in [-0.3, -0.25) is 4.79 Å². The summed E-state index contributed by atoms with van der Waals surface area (Å²) in [4.78, 5) is 29.2. The van der Waals surface area contributed by atoms with Crippen molar-refractivity contribution in [2.75, 3.05) is 18.0 Å². The van der Waals surface area contributed by atoms with Crippen LogP contribution in [-0.4, -0.2) is 24.0 Å². The number of halogens is 1. The number of H-pyrrole nitrogens is 1. The predicted molar refractivity (Wildman–Crippen MR) is 105 cm³/mol. The maximum Gasteiger partial charge on any atom is 0.272 e. The highest BCUT2D eigenvalue weighted by Crippen LogP contribution is 2.36. The molecule has 6 heteroatoms.